The minimum absolute atomic E-state index is 0.172. The van der Waals surface area contributed by atoms with Gasteiger partial charge in [0.25, 0.3) is 5.91 Å². The van der Waals surface area contributed by atoms with Gasteiger partial charge >= 0.3 is 0 Å². The highest BCUT2D eigenvalue weighted by atomic mass is 19.1. The Morgan fingerprint density at radius 3 is 2.60 bits per heavy atom. The minimum Gasteiger partial charge on any atom is -0.481 e. The summed E-state index contributed by atoms with van der Waals surface area (Å²) in [4.78, 5) is 12.0. The van der Waals surface area contributed by atoms with E-state index < -0.39 is 11.9 Å². The van der Waals surface area contributed by atoms with E-state index in [4.69, 9.17) is 10.5 Å². The SMILES string of the molecule is CC(Oc1ccccc1)C(=O)Nc1ccc(F)cc1N. The van der Waals surface area contributed by atoms with Crippen LogP contribution in [0, 0.1) is 5.82 Å². The van der Waals surface area contributed by atoms with E-state index in [-0.39, 0.29) is 11.6 Å². The average Bonchev–Trinajstić information content (AvgIpc) is 2.43. The molecule has 0 aliphatic rings. The zero-order chi connectivity index (χ0) is 14.5. The fraction of sp³-hybridized carbons (Fsp3) is 0.133. The number of halogens is 1. The number of nitrogen functional groups attached to an aromatic ring is 1. The van der Waals surface area contributed by atoms with Crippen molar-refractivity contribution in [3.05, 3.63) is 54.3 Å². The van der Waals surface area contributed by atoms with Crippen molar-refractivity contribution in [1.29, 1.82) is 0 Å². The molecule has 0 bridgehead atoms. The summed E-state index contributed by atoms with van der Waals surface area (Å²) in [6.45, 7) is 1.63. The maximum Gasteiger partial charge on any atom is 0.265 e. The molecule has 0 saturated heterocycles. The lowest BCUT2D eigenvalue weighted by Crippen LogP contribution is -2.30. The van der Waals surface area contributed by atoms with Crippen LogP contribution in [0.1, 0.15) is 6.92 Å². The van der Waals surface area contributed by atoms with E-state index in [9.17, 15) is 9.18 Å². The summed E-state index contributed by atoms with van der Waals surface area (Å²) in [5, 5.41) is 2.60. The molecule has 0 saturated carbocycles. The molecule has 2 aromatic carbocycles. The predicted molar refractivity (Wildman–Crippen MR) is 76.0 cm³/mol. The number of carbonyl (C=O) groups excluding carboxylic acids is 1. The van der Waals surface area contributed by atoms with Crippen LogP contribution in [0.5, 0.6) is 5.75 Å². The summed E-state index contributed by atoms with van der Waals surface area (Å²) in [7, 11) is 0. The van der Waals surface area contributed by atoms with Gasteiger partial charge in [0.1, 0.15) is 11.6 Å². The Balaban J connectivity index is 2.01. The van der Waals surface area contributed by atoms with Crippen LogP contribution in [0.15, 0.2) is 48.5 Å². The van der Waals surface area contributed by atoms with Crippen LogP contribution in [0.25, 0.3) is 0 Å². The van der Waals surface area contributed by atoms with Gasteiger partial charge in [-0.3, -0.25) is 4.79 Å². The maximum absolute atomic E-state index is 12.9. The Labute approximate surface area is 116 Å². The first-order valence-corrected chi connectivity index (χ1v) is 6.14. The van der Waals surface area contributed by atoms with Crippen molar-refractivity contribution in [2.75, 3.05) is 11.1 Å². The van der Waals surface area contributed by atoms with Gasteiger partial charge in [0, 0.05) is 0 Å². The monoisotopic (exact) mass is 274 g/mol. The van der Waals surface area contributed by atoms with Gasteiger partial charge in [-0.05, 0) is 37.3 Å². The molecule has 0 heterocycles. The van der Waals surface area contributed by atoms with E-state index in [1.165, 1.54) is 12.1 Å². The Morgan fingerprint density at radius 2 is 1.95 bits per heavy atom. The maximum atomic E-state index is 12.9. The number of hydrogen-bond acceptors (Lipinski definition) is 3. The lowest BCUT2D eigenvalue weighted by Gasteiger charge is -2.15. The molecule has 0 aromatic heterocycles. The molecule has 0 fully saturated rings. The normalized spacial score (nSPS) is 11.7. The van der Waals surface area contributed by atoms with E-state index in [0.29, 0.717) is 11.4 Å². The third kappa shape index (κ3) is 3.47. The summed E-state index contributed by atoms with van der Waals surface area (Å²) < 4.78 is 18.4. The van der Waals surface area contributed by atoms with Crippen LogP contribution in [-0.4, -0.2) is 12.0 Å². The highest BCUT2D eigenvalue weighted by Gasteiger charge is 2.15. The number of ether oxygens (including phenoxy) is 1. The summed E-state index contributed by atoms with van der Waals surface area (Å²) in [5.41, 5.74) is 6.16. The topological polar surface area (TPSA) is 64.3 Å². The fourth-order valence-electron chi connectivity index (χ4n) is 1.64. The first-order valence-electron chi connectivity index (χ1n) is 6.14. The number of para-hydroxylation sites is 1. The Bertz CT molecular complexity index is 602. The number of benzene rings is 2. The van der Waals surface area contributed by atoms with E-state index >= 15 is 0 Å². The van der Waals surface area contributed by atoms with E-state index in [2.05, 4.69) is 5.32 Å². The third-order valence-corrected chi connectivity index (χ3v) is 2.70. The molecular weight excluding hydrogens is 259 g/mol. The fourth-order valence-corrected chi connectivity index (χ4v) is 1.64. The van der Waals surface area contributed by atoms with Gasteiger partial charge in [0.05, 0.1) is 11.4 Å². The van der Waals surface area contributed by atoms with Crippen LogP contribution in [-0.2, 0) is 4.79 Å². The van der Waals surface area contributed by atoms with Crippen molar-refractivity contribution < 1.29 is 13.9 Å². The third-order valence-electron chi connectivity index (χ3n) is 2.70. The molecule has 104 valence electrons. The van der Waals surface area contributed by atoms with Crippen molar-refractivity contribution in [1.82, 2.24) is 0 Å². The number of hydrogen-bond donors (Lipinski definition) is 2. The first-order chi connectivity index (χ1) is 9.56. The zero-order valence-electron chi connectivity index (χ0n) is 11.0. The summed E-state index contributed by atoms with van der Waals surface area (Å²) in [6, 6.07) is 12.8. The van der Waals surface area contributed by atoms with Gasteiger partial charge in [-0.15, -0.1) is 0 Å². The van der Waals surface area contributed by atoms with Gasteiger partial charge in [-0.25, -0.2) is 4.39 Å². The van der Waals surface area contributed by atoms with Crippen LogP contribution in [0.2, 0.25) is 0 Å². The summed E-state index contributed by atoms with van der Waals surface area (Å²) >= 11 is 0. The number of amides is 1. The smallest absolute Gasteiger partial charge is 0.265 e. The molecule has 0 spiro atoms. The molecule has 20 heavy (non-hydrogen) atoms. The zero-order valence-corrected chi connectivity index (χ0v) is 11.0. The van der Waals surface area contributed by atoms with Gasteiger partial charge < -0.3 is 15.8 Å². The van der Waals surface area contributed by atoms with Crippen molar-refractivity contribution in [2.24, 2.45) is 0 Å². The van der Waals surface area contributed by atoms with Crippen LogP contribution in [0.4, 0.5) is 15.8 Å². The van der Waals surface area contributed by atoms with Crippen molar-refractivity contribution in [2.45, 2.75) is 13.0 Å². The number of nitrogens with one attached hydrogen (secondary N) is 1. The molecule has 0 aliphatic heterocycles. The lowest BCUT2D eigenvalue weighted by molar-refractivity contribution is -0.122. The average molecular weight is 274 g/mol. The molecule has 0 aliphatic carbocycles. The number of anilines is 2. The largest absolute Gasteiger partial charge is 0.481 e. The van der Waals surface area contributed by atoms with E-state index in [1.54, 1.807) is 19.1 Å². The molecule has 2 rings (SSSR count). The molecule has 5 heteroatoms. The second-order valence-corrected chi connectivity index (χ2v) is 4.29. The highest BCUT2D eigenvalue weighted by molar-refractivity contribution is 5.96. The van der Waals surface area contributed by atoms with E-state index in [1.807, 2.05) is 18.2 Å². The Morgan fingerprint density at radius 1 is 1.25 bits per heavy atom. The second-order valence-electron chi connectivity index (χ2n) is 4.29. The van der Waals surface area contributed by atoms with Crippen molar-refractivity contribution in [3.8, 4) is 5.75 Å². The van der Waals surface area contributed by atoms with Crippen LogP contribution >= 0.6 is 0 Å². The highest BCUT2D eigenvalue weighted by Crippen LogP contribution is 2.20. The Hall–Kier alpha value is -2.56. The van der Waals surface area contributed by atoms with Gasteiger partial charge in [-0.1, -0.05) is 18.2 Å². The molecule has 1 unspecified atom stereocenters. The standard InChI is InChI=1S/C15H15FN2O2/c1-10(20-12-5-3-2-4-6-12)15(19)18-14-8-7-11(16)9-13(14)17/h2-10H,17H2,1H3,(H,18,19). The number of carbonyl (C=O) groups is 1. The molecular formula is C15H15FN2O2. The predicted octanol–water partition coefficient (Wildman–Crippen LogP) is 2.81. The molecule has 0 radical (unpaired) electrons. The molecule has 1 amide bonds. The van der Waals surface area contributed by atoms with Crippen LogP contribution < -0.4 is 15.8 Å². The summed E-state index contributed by atoms with van der Waals surface area (Å²) in [5.74, 6) is -0.205. The molecule has 3 N–H and O–H groups in total. The Kier molecular flexibility index (Phi) is 4.20. The van der Waals surface area contributed by atoms with E-state index in [0.717, 1.165) is 6.07 Å². The first kappa shape index (κ1) is 13.9. The van der Waals surface area contributed by atoms with Crippen molar-refractivity contribution in [3.63, 3.8) is 0 Å². The number of nitrogens with two attached hydrogens (primary N) is 1. The number of rotatable bonds is 4. The quantitative estimate of drug-likeness (QED) is 0.843. The molecule has 2 aromatic rings. The lowest BCUT2D eigenvalue weighted by atomic mass is 10.2. The summed E-state index contributed by atoms with van der Waals surface area (Å²) in [6.07, 6.45) is -0.693. The molecule has 4 nitrogen and oxygen atoms in total. The van der Waals surface area contributed by atoms with Crippen molar-refractivity contribution >= 4 is 17.3 Å². The van der Waals surface area contributed by atoms with Gasteiger partial charge in [0.2, 0.25) is 0 Å². The van der Waals surface area contributed by atoms with Crippen LogP contribution in [0.3, 0.4) is 0 Å². The van der Waals surface area contributed by atoms with Gasteiger partial charge in [0.15, 0.2) is 6.10 Å². The van der Waals surface area contributed by atoms with Gasteiger partial charge in [-0.2, -0.15) is 0 Å². The minimum atomic E-state index is -0.693. The molecule has 1 atom stereocenters. The second kappa shape index (κ2) is 6.06.